The van der Waals surface area contributed by atoms with E-state index < -0.39 is 0 Å². The Morgan fingerprint density at radius 2 is 2.21 bits per heavy atom. The average Bonchev–Trinajstić information content (AvgIpc) is 2.92. The third kappa shape index (κ3) is 2.12. The molecule has 74 valence electrons. The van der Waals surface area contributed by atoms with Crippen molar-refractivity contribution in [1.82, 2.24) is 0 Å². The zero-order valence-corrected chi connectivity index (χ0v) is 8.97. The van der Waals surface area contributed by atoms with Gasteiger partial charge in [0.2, 0.25) is 5.91 Å². The second-order valence-corrected chi connectivity index (χ2v) is 4.24. The average molecular weight is 258 g/mol. The van der Waals surface area contributed by atoms with E-state index in [9.17, 15) is 9.18 Å². The predicted molar refractivity (Wildman–Crippen MR) is 55.5 cm³/mol. The van der Waals surface area contributed by atoms with Crippen molar-refractivity contribution >= 4 is 27.5 Å². The fourth-order valence-corrected chi connectivity index (χ4v) is 1.62. The molecule has 1 amide bonds. The zero-order valence-electron chi connectivity index (χ0n) is 7.39. The highest BCUT2D eigenvalue weighted by Crippen LogP contribution is 2.31. The van der Waals surface area contributed by atoms with E-state index in [1.807, 2.05) is 0 Å². The largest absolute Gasteiger partial charge is 0.325 e. The van der Waals surface area contributed by atoms with Gasteiger partial charge in [-0.15, -0.1) is 0 Å². The molecule has 1 aromatic carbocycles. The van der Waals surface area contributed by atoms with Gasteiger partial charge in [0.1, 0.15) is 5.82 Å². The molecule has 0 radical (unpaired) electrons. The Labute approximate surface area is 89.6 Å². The number of nitrogens with one attached hydrogen (secondary N) is 1. The summed E-state index contributed by atoms with van der Waals surface area (Å²) in [6.07, 6.45) is 1.93. The molecule has 2 rings (SSSR count). The first-order valence-electron chi connectivity index (χ1n) is 4.43. The van der Waals surface area contributed by atoms with E-state index in [0.717, 1.165) is 12.8 Å². The fraction of sp³-hybridized carbons (Fsp3) is 0.300. The first kappa shape index (κ1) is 9.65. The minimum Gasteiger partial charge on any atom is -0.325 e. The minimum atomic E-state index is -0.318. The van der Waals surface area contributed by atoms with Crippen molar-refractivity contribution in [1.29, 1.82) is 0 Å². The SMILES string of the molecule is O=C(Nc1ccc(F)cc1Br)C1CC1. The van der Waals surface area contributed by atoms with Crippen LogP contribution in [0, 0.1) is 11.7 Å². The number of rotatable bonds is 2. The second kappa shape index (κ2) is 3.69. The van der Waals surface area contributed by atoms with Crippen LogP contribution in [0.3, 0.4) is 0 Å². The number of anilines is 1. The van der Waals surface area contributed by atoms with E-state index >= 15 is 0 Å². The molecule has 4 heteroatoms. The normalized spacial score (nSPS) is 15.3. The van der Waals surface area contributed by atoms with Crippen molar-refractivity contribution in [2.75, 3.05) is 5.32 Å². The molecule has 0 atom stereocenters. The van der Waals surface area contributed by atoms with Crippen LogP contribution in [0.5, 0.6) is 0 Å². The second-order valence-electron chi connectivity index (χ2n) is 3.39. The summed E-state index contributed by atoms with van der Waals surface area (Å²) in [5.41, 5.74) is 0.628. The van der Waals surface area contributed by atoms with E-state index in [1.54, 1.807) is 6.07 Å². The van der Waals surface area contributed by atoms with Crippen LogP contribution in [0.2, 0.25) is 0 Å². The number of carbonyl (C=O) groups excluding carboxylic acids is 1. The summed E-state index contributed by atoms with van der Waals surface area (Å²) in [7, 11) is 0. The van der Waals surface area contributed by atoms with Crippen molar-refractivity contribution in [3.63, 3.8) is 0 Å². The van der Waals surface area contributed by atoms with Gasteiger partial charge in [-0.3, -0.25) is 4.79 Å². The summed E-state index contributed by atoms with van der Waals surface area (Å²) < 4.78 is 13.3. The number of halogens is 2. The lowest BCUT2D eigenvalue weighted by molar-refractivity contribution is -0.117. The molecule has 2 nitrogen and oxygen atoms in total. The van der Waals surface area contributed by atoms with Gasteiger partial charge in [-0.2, -0.15) is 0 Å². The van der Waals surface area contributed by atoms with Crippen molar-refractivity contribution < 1.29 is 9.18 Å². The lowest BCUT2D eigenvalue weighted by atomic mass is 10.3. The molecule has 1 aliphatic carbocycles. The Morgan fingerprint density at radius 1 is 1.50 bits per heavy atom. The van der Waals surface area contributed by atoms with Crippen LogP contribution in [0.25, 0.3) is 0 Å². The topological polar surface area (TPSA) is 29.1 Å². The van der Waals surface area contributed by atoms with Crippen LogP contribution >= 0.6 is 15.9 Å². The summed E-state index contributed by atoms with van der Waals surface area (Å²) in [5, 5.41) is 2.75. The number of benzene rings is 1. The van der Waals surface area contributed by atoms with Crippen molar-refractivity contribution in [3.8, 4) is 0 Å². The summed E-state index contributed by atoms with van der Waals surface area (Å²) in [6, 6.07) is 4.22. The zero-order chi connectivity index (χ0) is 10.1. The van der Waals surface area contributed by atoms with Gasteiger partial charge in [-0.25, -0.2) is 4.39 Å². The van der Waals surface area contributed by atoms with Gasteiger partial charge in [-0.05, 0) is 47.0 Å². The highest BCUT2D eigenvalue weighted by Gasteiger charge is 2.29. The van der Waals surface area contributed by atoms with Crippen molar-refractivity contribution in [3.05, 3.63) is 28.5 Å². The third-order valence-electron chi connectivity index (χ3n) is 2.14. The summed E-state index contributed by atoms with van der Waals surface area (Å²) in [6.45, 7) is 0. The lowest BCUT2D eigenvalue weighted by Gasteiger charge is -2.06. The van der Waals surface area contributed by atoms with E-state index in [4.69, 9.17) is 0 Å². The molecule has 0 unspecified atom stereocenters. The lowest BCUT2D eigenvalue weighted by Crippen LogP contribution is -2.13. The molecule has 0 aliphatic heterocycles. The van der Waals surface area contributed by atoms with Crippen LogP contribution in [0.1, 0.15) is 12.8 Å². The molecule has 1 saturated carbocycles. The molecule has 1 fully saturated rings. The van der Waals surface area contributed by atoms with Crippen LogP contribution in [-0.4, -0.2) is 5.91 Å². The van der Waals surface area contributed by atoms with Gasteiger partial charge in [0, 0.05) is 10.4 Å². The maximum Gasteiger partial charge on any atom is 0.227 e. The summed E-state index contributed by atoms with van der Waals surface area (Å²) >= 11 is 3.19. The molecule has 0 heterocycles. The van der Waals surface area contributed by atoms with Gasteiger partial charge in [-0.1, -0.05) is 0 Å². The molecule has 14 heavy (non-hydrogen) atoms. The van der Waals surface area contributed by atoms with E-state index in [-0.39, 0.29) is 17.6 Å². The third-order valence-corrected chi connectivity index (χ3v) is 2.79. The van der Waals surface area contributed by atoms with Crippen molar-refractivity contribution in [2.45, 2.75) is 12.8 Å². The number of carbonyl (C=O) groups is 1. The summed E-state index contributed by atoms with van der Waals surface area (Å²) in [4.78, 5) is 11.4. The van der Waals surface area contributed by atoms with E-state index in [0.29, 0.717) is 10.2 Å². The Balaban J connectivity index is 2.11. The first-order chi connectivity index (χ1) is 6.66. The van der Waals surface area contributed by atoms with Gasteiger partial charge >= 0.3 is 0 Å². The number of hydrogen-bond donors (Lipinski definition) is 1. The Kier molecular flexibility index (Phi) is 2.54. The Morgan fingerprint density at radius 3 is 2.79 bits per heavy atom. The molecular weight excluding hydrogens is 249 g/mol. The van der Waals surface area contributed by atoms with Gasteiger partial charge in [0.15, 0.2) is 0 Å². The maximum atomic E-state index is 12.7. The molecule has 0 bridgehead atoms. The fourth-order valence-electron chi connectivity index (χ4n) is 1.17. The maximum absolute atomic E-state index is 12.7. The Bertz CT molecular complexity index is 376. The number of hydrogen-bond acceptors (Lipinski definition) is 1. The molecule has 1 aromatic rings. The van der Waals surface area contributed by atoms with Crippen molar-refractivity contribution in [2.24, 2.45) is 5.92 Å². The molecule has 0 saturated heterocycles. The van der Waals surface area contributed by atoms with Gasteiger partial charge in [0.05, 0.1) is 5.69 Å². The molecule has 0 spiro atoms. The van der Waals surface area contributed by atoms with E-state index in [1.165, 1.54) is 12.1 Å². The molecule has 0 aromatic heterocycles. The molecule has 1 N–H and O–H groups in total. The van der Waals surface area contributed by atoms with Crippen LogP contribution < -0.4 is 5.32 Å². The number of amides is 1. The smallest absolute Gasteiger partial charge is 0.227 e. The van der Waals surface area contributed by atoms with Crippen LogP contribution in [0.4, 0.5) is 10.1 Å². The van der Waals surface area contributed by atoms with Crippen LogP contribution in [0.15, 0.2) is 22.7 Å². The highest BCUT2D eigenvalue weighted by molar-refractivity contribution is 9.10. The minimum absolute atomic E-state index is 0.0253. The quantitative estimate of drug-likeness (QED) is 0.868. The first-order valence-corrected chi connectivity index (χ1v) is 5.22. The highest BCUT2D eigenvalue weighted by atomic mass is 79.9. The van der Waals surface area contributed by atoms with Crippen LogP contribution in [-0.2, 0) is 4.79 Å². The van der Waals surface area contributed by atoms with Gasteiger partial charge < -0.3 is 5.32 Å². The predicted octanol–water partition coefficient (Wildman–Crippen LogP) is 2.94. The van der Waals surface area contributed by atoms with E-state index in [2.05, 4.69) is 21.2 Å². The molecule has 1 aliphatic rings. The molecular formula is C10H9BrFNO. The monoisotopic (exact) mass is 257 g/mol. The Hall–Kier alpha value is -0.900. The standard InChI is InChI=1S/C10H9BrFNO/c11-8-5-7(12)3-4-9(8)13-10(14)6-1-2-6/h3-6H,1-2H2,(H,13,14). The van der Waals surface area contributed by atoms with Gasteiger partial charge in [0.25, 0.3) is 0 Å². The summed E-state index contributed by atoms with van der Waals surface area (Å²) in [5.74, 6) is -0.134.